The van der Waals surface area contributed by atoms with E-state index in [2.05, 4.69) is 32.0 Å². The van der Waals surface area contributed by atoms with Crippen molar-refractivity contribution in [2.45, 2.75) is 24.5 Å². The highest BCUT2D eigenvalue weighted by molar-refractivity contribution is 8.00. The molecule has 0 aromatic heterocycles. The van der Waals surface area contributed by atoms with Crippen molar-refractivity contribution in [1.29, 1.82) is 0 Å². The van der Waals surface area contributed by atoms with Gasteiger partial charge >= 0.3 is 0 Å². The van der Waals surface area contributed by atoms with Crippen molar-refractivity contribution in [2.75, 3.05) is 31.9 Å². The Morgan fingerprint density at radius 2 is 1.68 bits per heavy atom. The summed E-state index contributed by atoms with van der Waals surface area (Å²) in [4.78, 5) is 15.4. The third-order valence-electron chi connectivity index (χ3n) is 4.86. The number of amides is 1. The molecule has 1 saturated heterocycles. The van der Waals surface area contributed by atoms with Crippen molar-refractivity contribution in [3.63, 3.8) is 0 Å². The van der Waals surface area contributed by atoms with Crippen LogP contribution in [0.1, 0.15) is 16.7 Å². The van der Waals surface area contributed by atoms with Gasteiger partial charge in [-0.05, 0) is 31.0 Å². The molecule has 0 N–H and O–H groups in total. The van der Waals surface area contributed by atoms with Crippen LogP contribution in [-0.2, 0) is 20.6 Å². The van der Waals surface area contributed by atoms with E-state index in [4.69, 9.17) is 0 Å². The summed E-state index contributed by atoms with van der Waals surface area (Å²) in [5, 5.41) is 0. The smallest absolute Gasteiger partial charge is 0.233 e. The lowest BCUT2D eigenvalue weighted by atomic mass is 10.2. The maximum atomic E-state index is 12.6. The van der Waals surface area contributed by atoms with Gasteiger partial charge < -0.3 is 4.90 Å². The summed E-state index contributed by atoms with van der Waals surface area (Å²) < 4.78 is 26.8. The molecule has 0 saturated carbocycles. The van der Waals surface area contributed by atoms with E-state index in [1.165, 1.54) is 15.4 Å². The molecule has 5 nitrogen and oxygen atoms in total. The van der Waals surface area contributed by atoms with Crippen LogP contribution in [0, 0.1) is 13.8 Å². The number of piperazine rings is 1. The van der Waals surface area contributed by atoms with Crippen LogP contribution in [0.5, 0.6) is 0 Å². The van der Waals surface area contributed by atoms with Crippen molar-refractivity contribution >= 4 is 27.7 Å². The first-order valence-electron chi connectivity index (χ1n) is 9.35. The predicted molar refractivity (Wildman–Crippen MR) is 114 cm³/mol. The van der Waals surface area contributed by atoms with Gasteiger partial charge in [0.2, 0.25) is 15.9 Å². The number of carbonyl (C=O) groups excluding carboxylic acids is 1. The van der Waals surface area contributed by atoms with Crippen molar-refractivity contribution in [3.8, 4) is 0 Å². The van der Waals surface area contributed by atoms with E-state index in [0.717, 1.165) is 10.5 Å². The van der Waals surface area contributed by atoms with Crippen molar-refractivity contribution in [1.82, 2.24) is 9.21 Å². The number of hydrogen-bond acceptors (Lipinski definition) is 4. The summed E-state index contributed by atoms with van der Waals surface area (Å²) in [6.07, 6.45) is 0. The first-order valence-corrected chi connectivity index (χ1v) is 11.9. The van der Waals surface area contributed by atoms with Crippen molar-refractivity contribution in [2.24, 2.45) is 0 Å². The fraction of sp³-hybridized carbons (Fsp3) is 0.381. The molecular weight excluding hydrogens is 392 g/mol. The molecule has 1 heterocycles. The van der Waals surface area contributed by atoms with E-state index >= 15 is 0 Å². The predicted octanol–water partition coefficient (Wildman–Crippen LogP) is 3.07. The molecule has 1 aliphatic rings. The minimum absolute atomic E-state index is 0.00430. The minimum Gasteiger partial charge on any atom is -0.339 e. The van der Waals surface area contributed by atoms with E-state index in [0.29, 0.717) is 31.9 Å². The summed E-state index contributed by atoms with van der Waals surface area (Å²) in [6, 6.07) is 15.4. The summed E-state index contributed by atoms with van der Waals surface area (Å²) in [5.41, 5.74) is 3.17. The van der Waals surface area contributed by atoms with Crippen LogP contribution in [0.3, 0.4) is 0 Å². The summed E-state index contributed by atoms with van der Waals surface area (Å²) in [5.74, 6) is 0.440. The number of aryl methyl sites for hydroxylation is 2. The standard InChI is InChI=1S/C21H26N2O3S2/c1-17-8-9-20(18(2)14-17)27-15-21(24)22-10-12-23(13-11-22)28(25,26)16-19-6-4-3-5-7-19/h3-9,14H,10-13,15-16H2,1-2H3. The molecule has 2 aromatic carbocycles. The molecule has 7 heteroatoms. The zero-order valence-electron chi connectivity index (χ0n) is 16.3. The molecule has 1 aliphatic heterocycles. The van der Waals surface area contributed by atoms with E-state index < -0.39 is 10.0 Å². The topological polar surface area (TPSA) is 57.7 Å². The second kappa shape index (κ2) is 9.11. The van der Waals surface area contributed by atoms with E-state index in [9.17, 15) is 13.2 Å². The maximum Gasteiger partial charge on any atom is 0.233 e. The minimum atomic E-state index is -3.36. The zero-order valence-corrected chi connectivity index (χ0v) is 17.9. The number of nitrogens with zero attached hydrogens (tertiary/aromatic N) is 2. The molecule has 1 fully saturated rings. The van der Waals surface area contributed by atoms with Gasteiger partial charge in [0.15, 0.2) is 0 Å². The number of hydrogen-bond donors (Lipinski definition) is 0. The highest BCUT2D eigenvalue weighted by Crippen LogP contribution is 2.24. The lowest BCUT2D eigenvalue weighted by Gasteiger charge is -2.34. The first-order chi connectivity index (χ1) is 13.3. The fourth-order valence-electron chi connectivity index (χ4n) is 3.28. The maximum absolute atomic E-state index is 12.6. The molecule has 0 atom stereocenters. The number of carbonyl (C=O) groups is 1. The van der Waals surface area contributed by atoms with E-state index in [1.807, 2.05) is 30.3 Å². The molecule has 0 bridgehead atoms. The van der Waals surface area contributed by atoms with Gasteiger partial charge in [-0.1, -0.05) is 48.0 Å². The number of sulfonamides is 1. The van der Waals surface area contributed by atoms with Crippen LogP contribution >= 0.6 is 11.8 Å². The Hall–Kier alpha value is -1.83. The quantitative estimate of drug-likeness (QED) is 0.677. The third-order valence-corrected chi connectivity index (χ3v) is 7.87. The molecule has 0 radical (unpaired) electrons. The largest absolute Gasteiger partial charge is 0.339 e. The Bertz CT molecular complexity index is 922. The lowest BCUT2D eigenvalue weighted by molar-refractivity contribution is -0.129. The van der Waals surface area contributed by atoms with Gasteiger partial charge in [-0.15, -0.1) is 11.8 Å². The van der Waals surface area contributed by atoms with Gasteiger partial charge in [0.1, 0.15) is 0 Å². The van der Waals surface area contributed by atoms with E-state index in [1.54, 1.807) is 16.7 Å². The fourth-order valence-corrected chi connectivity index (χ4v) is 5.71. The Morgan fingerprint density at radius 1 is 1.00 bits per heavy atom. The molecular formula is C21H26N2O3S2. The van der Waals surface area contributed by atoms with E-state index in [-0.39, 0.29) is 11.7 Å². The SMILES string of the molecule is Cc1ccc(SCC(=O)N2CCN(S(=O)(=O)Cc3ccccc3)CC2)c(C)c1. The van der Waals surface area contributed by atoms with Gasteiger partial charge in [0.25, 0.3) is 0 Å². The average Bonchev–Trinajstić information content (AvgIpc) is 2.67. The molecule has 28 heavy (non-hydrogen) atoms. The van der Waals surface area contributed by atoms with Crippen LogP contribution in [0.15, 0.2) is 53.4 Å². The van der Waals surface area contributed by atoms with Gasteiger partial charge in [-0.25, -0.2) is 8.42 Å². The third kappa shape index (κ3) is 5.37. The van der Waals surface area contributed by atoms with Crippen LogP contribution in [0.25, 0.3) is 0 Å². The molecule has 0 spiro atoms. The van der Waals surface area contributed by atoms with Crippen LogP contribution < -0.4 is 0 Å². The summed E-state index contributed by atoms with van der Waals surface area (Å²) >= 11 is 1.54. The number of thioether (sulfide) groups is 1. The molecule has 150 valence electrons. The number of benzene rings is 2. The summed E-state index contributed by atoms with van der Waals surface area (Å²) in [6.45, 7) is 5.71. The second-order valence-corrected chi connectivity index (χ2v) is 10.1. The highest BCUT2D eigenvalue weighted by atomic mass is 32.2. The van der Waals surface area contributed by atoms with Gasteiger partial charge in [-0.3, -0.25) is 4.79 Å². The second-order valence-electron chi connectivity index (χ2n) is 7.08. The molecule has 0 unspecified atom stereocenters. The Morgan fingerprint density at radius 3 is 2.32 bits per heavy atom. The van der Waals surface area contributed by atoms with Gasteiger partial charge in [0.05, 0.1) is 11.5 Å². The van der Waals surface area contributed by atoms with Gasteiger partial charge in [-0.2, -0.15) is 4.31 Å². The Labute approximate surface area is 171 Å². The first kappa shape index (κ1) is 20.9. The lowest BCUT2D eigenvalue weighted by Crippen LogP contribution is -2.51. The average molecular weight is 419 g/mol. The molecule has 1 amide bonds. The van der Waals surface area contributed by atoms with Crippen LogP contribution in [-0.4, -0.2) is 55.5 Å². The van der Waals surface area contributed by atoms with Crippen molar-refractivity contribution in [3.05, 3.63) is 65.2 Å². The normalized spacial score (nSPS) is 15.6. The van der Waals surface area contributed by atoms with Crippen molar-refractivity contribution < 1.29 is 13.2 Å². The molecule has 3 rings (SSSR count). The Balaban J connectivity index is 1.51. The molecule has 2 aromatic rings. The monoisotopic (exact) mass is 418 g/mol. The number of rotatable bonds is 6. The van der Waals surface area contributed by atoms with Crippen LogP contribution in [0.2, 0.25) is 0 Å². The van der Waals surface area contributed by atoms with Crippen LogP contribution in [0.4, 0.5) is 0 Å². The molecule has 0 aliphatic carbocycles. The summed E-state index contributed by atoms with van der Waals surface area (Å²) in [7, 11) is -3.36. The zero-order chi connectivity index (χ0) is 20.1. The van der Waals surface area contributed by atoms with Gasteiger partial charge in [0, 0.05) is 31.1 Å². The highest BCUT2D eigenvalue weighted by Gasteiger charge is 2.28. The Kier molecular flexibility index (Phi) is 6.80.